The van der Waals surface area contributed by atoms with E-state index in [4.69, 9.17) is 0 Å². The summed E-state index contributed by atoms with van der Waals surface area (Å²) >= 11 is 0. The van der Waals surface area contributed by atoms with Crippen LogP contribution in [-0.4, -0.2) is 24.9 Å². The highest BCUT2D eigenvalue weighted by Gasteiger charge is 2.20. The van der Waals surface area contributed by atoms with Crippen molar-refractivity contribution < 1.29 is 9.59 Å². The lowest BCUT2D eigenvalue weighted by atomic mass is 10.1. The van der Waals surface area contributed by atoms with Crippen molar-refractivity contribution in [2.45, 2.75) is 25.7 Å². The maximum atomic E-state index is 11.9. The highest BCUT2D eigenvalue weighted by molar-refractivity contribution is 6.02. The molecular weight excluding hydrogens is 252 g/mol. The molecule has 2 amide bonds. The molecule has 0 N–H and O–H groups in total. The summed E-state index contributed by atoms with van der Waals surface area (Å²) in [5.74, 6) is 0.221. The molecular formula is C16H18N2O2. The number of amides is 2. The van der Waals surface area contributed by atoms with E-state index in [1.807, 2.05) is 35.2 Å². The average molecular weight is 270 g/mol. The Bertz CT molecular complexity index is 548. The van der Waals surface area contributed by atoms with Gasteiger partial charge in [0.2, 0.25) is 5.91 Å². The van der Waals surface area contributed by atoms with Gasteiger partial charge in [-0.2, -0.15) is 0 Å². The van der Waals surface area contributed by atoms with Gasteiger partial charge in [0.25, 0.3) is 5.91 Å². The van der Waals surface area contributed by atoms with Crippen LogP contribution >= 0.6 is 0 Å². The van der Waals surface area contributed by atoms with Crippen LogP contribution in [-0.2, 0) is 9.59 Å². The third kappa shape index (κ3) is 2.46. The predicted octanol–water partition coefficient (Wildman–Crippen LogP) is 2.50. The van der Waals surface area contributed by atoms with Gasteiger partial charge in [0.1, 0.15) is 0 Å². The summed E-state index contributed by atoms with van der Waals surface area (Å²) in [6.07, 6.45) is 7.09. The zero-order chi connectivity index (χ0) is 13.9. The van der Waals surface area contributed by atoms with E-state index in [0.717, 1.165) is 43.7 Å². The van der Waals surface area contributed by atoms with Crippen LogP contribution in [0.25, 0.3) is 0 Å². The van der Waals surface area contributed by atoms with Gasteiger partial charge in [-0.15, -0.1) is 0 Å². The van der Waals surface area contributed by atoms with Gasteiger partial charge in [-0.25, -0.2) is 0 Å². The van der Waals surface area contributed by atoms with Gasteiger partial charge in [-0.1, -0.05) is 6.08 Å². The van der Waals surface area contributed by atoms with Crippen molar-refractivity contribution in [3.8, 4) is 0 Å². The van der Waals surface area contributed by atoms with E-state index >= 15 is 0 Å². The summed E-state index contributed by atoms with van der Waals surface area (Å²) in [5.41, 5.74) is 1.83. The standard InChI is InChI=1S/C16H18N2O2/c19-15-5-1-3-11-17(15)13-7-9-14(10-8-13)18-12-4-2-6-16(18)20/h1,5,7-10H,2-4,6,11-12H2. The van der Waals surface area contributed by atoms with E-state index in [2.05, 4.69) is 0 Å². The zero-order valence-corrected chi connectivity index (χ0v) is 11.4. The normalized spacial score (nSPS) is 19.6. The first-order valence-electron chi connectivity index (χ1n) is 7.14. The quantitative estimate of drug-likeness (QED) is 0.828. The van der Waals surface area contributed by atoms with Crippen LogP contribution in [0, 0.1) is 0 Å². The Balaban J connectivity index is 1.79. The minimum absolute atomic E-state index is 0.0260. The monoisotopic (exact) mass is 270 g/mol. The number of carbonyl (C=O) groups is 2. The summed E-state index contributed by atoms with van der Waals surface area (Å²) < 4.78 is 0. The molecule has 1 aromatic rings. The van der Waals surface area contributed by atoms with Crippen LogP contribution in [0.15, 0.2) is 36.4 Å². The van der Waals surface area contributed by atoms with Gasteiger partial charge < -0.3 is 9.80 Å². The first-order valence-corrected chi connectivity index (χ1v) is 7.14. The highest BCUT2D eigenvalue weighted by atomic mass is 16.2. The van der Waals surface area contributed by atoms with Crippen LogP contribution < -0.4 is 9.80 Å². The smallest absolute Gasteiger partial charge is 0.250 e. The fourth-order valence-electron chi connectivity index (χ4n) is 2.74. The zero-order valence-electron chi connectivity index (χ0n) is 11.4. The molecule has 2 aliphatic heterocycles. The molecule has 0 aliphatic carbocycles. The van der Waals surface area contributed by atoms with E-state index in [0.29, 0.717) is 6.42 Å². The fraction of sp³-hybridized carbons (Fsp3) is 0.375. The molecule has 0 atom stereocenters. The van der Waals surface area contributed by atoms with E-state index in [1.165, 1.54) is 0 Å². The Kier molecular flexibility index (Phi) is 3.54. The maximum Gasteiger partial charge on any atom is 0.250 e. The highest BCUT2D eigenvalue weighted by Crippen LogP contribution is 2.25. The first-order chi connectivity index (χ1) is 9.75. The molecule has 0 radical (unpaired) electrons. The Labute approximate surface area is 118 Å². The lowest BCUT2D eigenvalue weighted by molar-refractivity contribution is -0.119. The number of piperidine rings is 1. The van der Waals surface area contributed by atoms with Crippen molar-refractivity contribution in [1.82, 2.24) is 0 Å². The fourth-order valence-corrected chi connectivity index (χ4v) is 2.74. The number of anilines is 2. The number of hydrogen-bond acceptors (Lipinski definition) is 2. The molecule has 0 spiro atoms. The summed E-state index contributed by atoms with van der Waals surface area (Å²) in [6.45, 7) is 1.51. The molecule has 4 heteroatoms. The van der Waals surface area contributed by atoms with Crippen molar-refractivity contribution in [1.29, 1.82) is 0 Å². The molecule has 0 aromatic heterocycles. The molecule has 3 rings (SSSR count). The minimum Gasteiger partial charge on any atom is -0.312 e. The number of rotatable bonds is 2. The number of benzene rings is 1. The van der Waals surface area contributed by atoms with Crippen LogP contribution in [0.5, 0.6) is 0 Å². The molecule has 2 heterocycles. The van der Waals surface area contributed by atoms with E-state index < -0.39 is 0 Å². The van der Waals surface area contributed by atoms with Crippen molar-refractivity contribution in [2.75, 3.05) is 22.9 Å². The molecule has 4 nitrogen and oxygen atoms in total. The molecule has 0 unspecified atom stereocenters. The predicted molar refractivity (Wildman–Crippen MR) is 78.8 cm³/mol. The van der Waals surface area contributed by atoms with Crippen LogP contribution in [0.3, 0.4) is 0 Å². The Hall–Kier alpha value is -2.10. The Morgan fingerprint density at radius 3 is 2.20 bits per heavy atom. The van der Waals surface area contributed by atoms with Gasteiger partial charge >= 0.3 is 0 Å². The second kappa shape index (κ2) is 5.49. The Morgan fingerprint density at radius 2 is 1.55 bits per heavy atom. The lowest BCUT2D eigenvalue weighted by Gasteiger charge is -2.28. The summed E-state index contributed by atoms with van der Waals surface area (Å²) in [7, 11) is 0. The molecule has 0 saturated carbocycles. The van der Waals surface area contributed by atoms with Crippen molar-refractivity contribution in [3.05, 3.63) is 36.4 Å². The molecule has 1 fully saturated rings. The molecule has 20 heavy (non-hydrogen) atoms. The van der Waals surface area contributed by atoms with Gasteiger partial charge in [0, 0.05) is 30.9 Å². The second-order valence-electron chi connectivity index (χ2n) is 5.20. The van der Waals surface area contributed by atoms with Crippen molar-refractivity contribution in [3.63, 3.8) is 0 Å². The molecule has 1 saturated heterocycles. The summed E-state index contributed by atoms with van der Waals surface area (Å²) in [6, 6.07) is 7.72. The van der Waals surface area contributed by atoms with Crippen LogP contribution in [0.1, 0.15) is 25.7 Å². The van der Waals surface area contributed by atoms with E-state index in [-0.39, 0.29) is 11.8 Å². The van der Waals surface area contributed by atoms with Crippen molar-refractivity contribution >= 4 is 23.2 Å². The number of carbonyl (C=O) groups excluding carboxylic acids is 2. The van der Waals surface area contributed by atoms with Crippen LogP contribution in [0.4, 0.5) is 11.4 Å². The molecule has 104 valence electrons. The first kappa shape index (κ1) is 12.9. The van der Waals surface area contributed by atoms with Gasteiger partial charge in [-0.05, 0) is 49.6 Å². The van der Waals surface area contributed by atoms with Crippen molar-refractivity contribution in [2.24, 2.45) is 0 Å². The van der Waals surface area contributed by atoms with E-state index in [1.54, 1.807) is 11.0 Å². The SMILES string of the molecule is O=C1C=CCCN1c1ccc(N2CCCCC2=O)cc1. The summed E-state index contributed by atoms with van der Waals surface area (Å²) in [5, 5.41) is 0. The average Bonchev–Trinajstić information content (AvgIpc) is 2.49. The molecule has 0 bridgehead atoms. The molecule has 1 aromatic carbocycles. The van der Waals surface area contributed by atoms with Gasteiger partial charge in [-0.3, -0.25) is 9.59 Å². The third-order valence-electron chi connectivity index (χ3n) is 3.84. The maximum absolute atomic E-state index is 11.9. The largest absolute Gasteiger partial charge is 0.312 e. The minimum atomic E-state index is 0.0260. The topological polar surface area (TPSA) is 40.6 Å². The molecule has 2 aliphatic rings. The van der Waals surface area contributed by atoms with Gasteiger partial charge in [0.15, 0.2) is 0 Å². The number of hydrogen-bond donors (Lipinski definition) is 0. The van der Waals surface area contributed by atoms with Crippen LogP contribution in [0.2, 0.25) is 0 Å². The second-order valence-corrected chi connectivity index (χ2v) is 5.20. The third-order valence-corrected chi connectivity index (χ3v) is 3.84. The summed E-state index contributed by atoms with van der Waals surface area (Å²) in [4.78, 5) is 27.3. The van der Waals surface area contributed by atoms with E-state index in [9.17, 15) is 9.59 Å². The lowest BCUT2D eigenvalue weighted by Crippen LogP contribution is -2.35. The Morgan fingerprint density at radius 1 is 0.850 bits per heavy atom. The van der Waals surface area contributed by atoms with Gasteiger partial charge in [0.05, 0.1) is 0 Å². The number of nitrogens with zero attached hydrogens (tertiary/aromatic N) is 2.